The van der Waals surface area contributed by atoms with E-state index in [2.05, 4.69) is 64.3 Å². The first-order valence-electron chi connectivity index (χ1n) is 13.1. The number of nitrogens with zero attached hydrogens (tertiary/aromatic N) is 2. The first-order valence-corrected chi connectivity index (χ1v) is 13.1. The number of hydrogen-bond acceptors (Lipinski definition) is 5. The highest BCUT2D eigenvalue weighted by molar-refractivity contribution is 5.93. The van der Waals surface area contributed by atoms with Crippen molar-refractivity contribution in [1.82, 2.24) is 15.2 Å². The fraction of sp³-hybridized carbons (Fsp3) is 0.400. The molecule has 1 saturated heterocycles. The Kier molecular flexibility index (Phi) is 8.66. The summed E-state index contributed by atoms with van der Waals surface area (Å²) in [5.41, 5.74) is 6.75. The Hall–Kier alpha value is -3.58. The van der Waals surface area contributed by atoms with Gasteiger partial charge in [0.1, 0.15) is 11.3 Å². The summed E-state index contributed by atoms with van der Waals surface area (Å²) in [7, 11) is 0. The van der Waals surface area contributed by atoms with Crippen LogP contribution in [0.4, 0.5) is 5.69 Å². The van der Waals surface area contributed by atoms with Gasteiger partial charge in [-0.15, -0.1) is 0 Å². The van der Waals surface area contributed by atoms with Gasteiger partial charge in [0.25, 0.3) is 11.5 Å². The van der Waals surface area contributed by atoms with E-state index in [1.807, 2.05) is 26.0 Å². The van der Waals surface area contributed by atoms with Crippen molar-refractivity contribution in [3.05, 3.63) is 92.4 Å². The van der Waals surface area contributed by atoms with Gasteiger partial charge in [0.05, 0.1) is 6.61 Å². The standard InChI is InChI=1S/C30H38N4O3/c1-21-8-5-11-28(23(21)3)34-15-13-33(14-16-34)20-25-9-6-10-26(19-25)37-17-7-12-31-29(35)27-18-22(2)24(4)32-30(27)36/h5-6,8-11,18-19H,7,12-17,20H2,1-4H3,(H,31,35)(H,32,36). The SMILES string of the molecule is Cc1cc(C(=O)NCCCOc2cccc(CN3CCN(c4cccc(C)c4C)CC3)c2)c(=O)[nH]c1C. The Morgan fingerprint density at radius 3 is 2.51 bits per heavy atom. The second-order valence-corrected chi connectivity index (χ2v) is 9.91. The van der Waals surface area contributed by atoms with Crippen LogP contribution >= 0.6 is 0 Å². The minimum atomic E-state index is -0.361. The molecule has 1 amide bonds. The van der Waals surface area contributed by atoms with Gasteiger partial charge in [0.15, 0.2) is 0 Å². The van der Waals surface area contributed by atoms with Crippen LogP contribution in [0.1, 0.15) is 44.7 Å². The van der Waals surface area contributed by atoms with Crippen LogP contribution in [-0.2, 0) is 6.54 Å². The number of benzene rings is 2. The zero-order chi connectivity index (χ0) is 26.4. The number of aryl methyl sites for hydroxylation is 3. The van der Waals surface area contributed by atoms with Crippen molar-refractivity contribution < 1.29 is 9.53 Å². The Morgan fingerprint density at radius 1 is 0.973 bits per heavy atom. The molecule has 0 radical (unpaired) electrons. The molecule has 2 aromatic carbocycles. The lowest BCUT2D eigenvalue weighted by Crippen LogP contribution is -2.46. The highest BCUT2D eigenvalue weighted by Gasteiger charge is 2.19. The summed E-state index contributed by atoms with van der Waals surface area (Å²) in [5.74, 6) is 0.479. The lowest BCUT2D eigenvalue weighted by atomic mass is 10.1. The van der Waals surface area contributed by atoms with E-state index in [9.17, 15) is 9.59 Å². The summed E-state index contributed by atoms with van der Waals surface area (Å²) in [5, 5.41) is 2.81. The van der Waals surface area contributed by atoms with Gasteiger partial charge >= 0.3 is 0 Å². The largest absolute Gasteiger partial charge is 0.494 e. The van der Waals surface area contributed by atoms with E-state index in [-0.39, 0.29) is 17.0 Å². The maximum Gasteiger partial charge on any atom is 0.261 e. The molecule has 0 spiro atoms. The summed E-state index contributed by atoms with van der Waals surface area (Å²) in [6, 6.07) is 16.4. The average Bonchev–Trinajstić information content (AvgIpc) is 2.88. The van der Waals surface area contributed by atoms with Gasteiger partial charge < -0.3 is 19.9 Å². The highest BCUT2D eigenvalue weighted by Crippen LogP contribution is 2.24. The highest BCUT2D eigenvalue weighted by atomic mass is 16.5. The molecular formula is C30H38N4O3. The van der Waals surface area contributed by atoms with Crippen LogP contribution in [0.25, 0.3) is 0 Å². The number of pyridine rings is 1. The molecule has 37 heavy (non-hydrogen) atoms. The maximum atomic E-state index is 12.3. The zero-order valence-electron chi connectivity index (χ0n) is 22.4. The van der Waals surface area contributed by atoms with E-state index in [0.717, 1.165) is 49.7 Å². The number of anilines is 1. The predicted octanol–water partition coefficient (Wildman–Crippen LogP) is 4.13. The Bertz CT molecular complexity index is 1290. The third-order valence-corrected chi connectivity index (χ3v) is 7.21. The van der Waals surface area contributed by atoms with Crippen molar-refractivity contribution in [3.8, 4) is 5.75 Å². The van der Waals surface area contributed by atoms with E-state index >= 15 is 0 Å². The van der Waals surface area contributed by atoms with Gasteiger partial charge in [0, 0.05) is 50.6 Å². The minimum absolute atomic E-state index is 0.145. The number of aromatic amines is 1. The van der Waals surface area contributed by atoms with Crippen LogP contribution in [-0.4, -0.2) is 55.1 Å². The third-order valence-electron chi connectivity index (χ3n) is 7.21. The maximum absolute atomic E-state index is 12.3. The number of carbonyl (C=O) groups is 1. The van der Waals surface area contributed by atoms with Crippen LogP contribution in [0, 0.1) is 27.7 Å². The van der Waals surface area contributed by atoms with E-state index in [0.29, 0.717) is 19.6 Å². The fourth-order valence-electron chi connectivity index (χ4n) is 4.67. The van der Waals surface area contributed by atoms with Crippen molar-refractivity contribution >= 4 is 11.6 Å². The molecule has 0 saturated carbocycles. The molecule has 7 nitrogen and oxygen atoms in total. The second-order valence-electron chi connectivity index (χ2n) is 9.91. The van der Waals surface area contributed by atoms with Gasteiger partial charge in [0.2, 0.25) is 0 Å². The molecule has 0 atom stereocenters. The lowest BCUT2D eigenvalue weighted by molar-refractivity contribution is 0.0950. The molecule has 0 unspecified atom stereocenters. The predicted molar refractivity (Wildman–Crippen MR) is 149 cm³/mol. The monoisotopic (exact) mass is 502 g/mol. The molecule has 1 aromatic heterocycles. The summed E-state index contributed by atoms with van der Waals surface area (Å²) in [6.07, 6.45) is 0.652. The first kappa shape index (κ1) is 26.5. The molecule has 2 N–H and O–H groups in total. The van der Waals surface area contributed by atoms with Gasteiger partial charge in [-0.2, -0.15) is 0 Å². The van der Waals surface area contributed by atoms with Crippen LogP contribution in [0.2, 0.25) is 0 Å². The summed E-state index contributed by atoms with van der Waals surface area (Å²) in [6.45, 7) is 14.0. The molecule has 0 bridgehead atoms. The molecular weight excluding hydrogens is 464 g/mol. The van der Waals surface area contributed by atoms with E-state index in [1.165, 1.54) is 22.4 Å². The van der Waals surface area contributed by atoms with Crippen LogP contribution in [0.5, 0.6) is 5.75 Å². The number of aromatic nitrogens is 1. The molecule has 7 heteroatoms. The van der Waals surface area contributed by atoms with Gasteiger partial charge in [-0.05, 0) is 80.6 Å². The van der Waals surface area contributed by atoms with Crippen molar-refractivity contribution in [2.24, 2.45) is 0 Å². The number of nitrogens with one attached hydrogen (secondary N) is 2. The molecule has 1 fully saturated rings. The summed E-state index contributed by atoms with van der Waals surface area (Å²) >= 11 is 0. The molecule has 2 heterocycles. The van der Waals surface area contributed by atoms with Crippen molar-refractivity contribution in [2.75, 3.05) is 44.2 Å². The van der Waals surface area contributed by atoms with Crippen LogP contribution in [0.3, 0.4) is 0 Å². The van der Waals surface area contributed by atoms with Crippen molar-refractivity contribution in [3.63, 3.8) is 0 Å². The van der Waals surface area contributed by atoms with Crippen molar-refractivity contribution in [2.45, 2.75) is 40.7 Å². The quantitative estimate of drug-likeness (QED) is 0.430. The third kappa shape index (κ3) is 6.80. The van der Waals surface area contributed by atoms with Crippen molar-refractivity contribution in [1.29, 1.82) is 0 Å². The Balaban J connectivity index is 1.20. The lowest BCUT2D eigenvalue weighted by Gasteiger charge is -2.37. The molecule has 0 aliphatic carbocycles. The van der Waals surface area contributed by atoms with E-state index in [1.54, 1.807) is 6.07 Å². The van der Waals surface area contributed by atoms with E-state index < -0.39 is 0 Å². The average molecular weight is 503 g/mol. The normalized spacial score (nSPS) is 14.0. The summed E-state index contributed by atoms with van der Waals surface area (Å²) in [4.78, 5) is 32.1. The topological polar surface area (TPSA) is 77.7 Å². The molecule has 3 aromatic rings. The molecule has 196 valence electrons. The smallest absolute Gasteiger partial charge is 0.261 e. The van der Waals surface area contributed by atoms with Crippen LogP contribution in [0.15, 0.2) is 53.3 Å². The number of hydrogen-bond donors (Lipinski definition) is 2. The Morgan fingerprint density at radius 2 is 1.73 bits per heavy atom. The molecule has 1 aliphatic rings. The number of amides is 1. The number of ether oxygens (including phenoxy) is 1. The van der Waals surface area contributed by atoms with Gasteiger partial charge in [-0.3, -0.25) is 14.5 Å². The Labute approximate surface area is 219 Å². The number of piperazine rings is 1. The number of H-pyrrole nitrogens is 1. The first-order chi connectivity index (χ1) is 17.8. The minimum Gasteiger partial charge on any atom is -0.494 e. The van der Waals surface area contributed by atoms with E-state index in [4.69, 9.17) is 4.74 Å². The molecule has 4 rings (SSSR count). The number of rotatable bonds is 9. The van der Waals surface area contributed by atoms with Gasteiger partial charge in [-0.1, -0.05) is 24.3 Å². The fourth-order valence-corrected chi connectivity index (χ4v) is 4.67. The zero-order valence-corrected chi connectivity index (χ0v) is 22.4. The van der Waals surface area contributed by atoms with Gasteiger partial charge in [-0.25, -0.2) is 0 Å². The molecule has 1 aliphatic heterocycles. The second kappa shape index (κ2) is 12.1. The summed E-state index contributed by atoms with van der Waals surface area (Å²) < 4.78 is 5.94. The van der Waals surface area contributed by atoms with Crippen LogP contribution < -0.4 is 20.5 Å². The number of carbonyl (C=O) groups excluding carboxylic acids is 1.